The molecule has 1 fully saturated rings. The number of rotatable bonds is 7. The standard InChI is InChI=1S/C12H24N2O2/c1-4-6-14(11-8-13-9-11)10(3)7-12(15)16-5-2/h10-11,13H,4-9H2,1-3H3. The number of hydrogen-bond donors (Lipinski definition) is 1. The van der Waals surface area contributed by atoms with Gasteiger partial charge >= 0.3 is 5.97 Å². The molecule has 1 aliphatic rings. The van der Waals surface area contributed by atoms with E-state index >= 15 is 0 Å². The fourth-order valence-corrected chi connectivity index (χ4v) is 2.11. The lowest BCUT2D eigenvalue weighted by Gasteiger charge is -2.41. The van der Waals surface area contributed by atoms with E-state index in [9.17, 15) is 4.79 Å². The van der Waals surface area contributed by atoms with Gasteiger partial charge in [-0.1, -0.05) is 6.92 Å². The minimum Gasteiger partial charge on any atom is -0.466 e. The fourth-order valence-electron chi connectivity index (χ4n) is 2.11. The minimum atomic E-state index is -0.0802. The van der Waals surface area contributed by atoms with E-state index in [-0.39, 0.29) is 12.0 Å². The van der Waals surface area contributed by atoms with Gasteiger partial charge in [0.05, 0.1) is 13.0 Å². The number of hydrogen-bond acceptors (Lipinski definition) is 4. The lowest BCUT2D eigenvalue weighted by atomic mass is 10.1. The molecular weight excluding hydrogens is 204 g/mol. The highest BCUT2D eigenvalue weighted by molar-refractivity contribution is 5.70. The SMILES string of the molecule is CCCN(C(C)CC(=O)OCC)C1CNC1. The summed E-state index contributed by atoms with van der Waals surface area (Å²) < 4.78 is 4.99. The Balaban J connectivity index is 2.39. The third-order valence-corrected chi connectivity index (χ3v) is 3.04. The number of carbonyl (C=O) groups excluding carboxylic acids is 1. The summed E-state index contributed by atoms with van der Waals surface area (Å²) in [4.78, 5) is 13.9. The monoisotopic (exact) mass is 228 g/mol. The Hall–Kier alpha value is -0.610. The summed E-state index contributed by atoms with van der Waals surface area (Å²) >= 11 is 0. The van der Waals surface area contributed by atoms with Crippen molar-refractivity contribution >= 4 is 5.97 Å². The van der Waals surface area contributed by atoms with Crippen LogP contribution in [0.3, 0.4) is 0 Å². The highest BCUT2D eigenvalue weighted by atomic mass is 16.5. The van der Waals surface area contributed by atoms with Crippen molar-refractivity contribution in [2.24, 2.45) is 0 Å². The van der Waals surface area contributed by atoms with E-state index in [0.29, 0.717) is 19.1 Å². The van der Waals surface area contributed by atoms with E-state index in [4.69, 9.17) is 4.74 Å². The van der Waals surface area contributed by atoms with E-state index in [1.807, 2.05) is 6.92 Å². The molecule has 4 heteroatoms. The Morgan fingerprint density at radius 2 is 2.19 bits per heavy atom. The molecule has 0 aromatic rings. The van der Waals surface area contributed by atoms with Gasteiger partial charge < -0.3 is 10.1 Å². The van der Waals surface area contributed by atoms with Crippen LogP contribution in [0.2, 0.25) is 0 Å². The van der Waals surface area contributed by atoms with Crippen LogP contribution >= 0.6 is 0 Å². The quantitative estimate of drug-likeness (QED) is 0.660. The minimum absolute atomic E-state index is 0.0802. The molecule has 0 aliphatic carbocycles. The van der Waals surface area contributed by atoms with Crippen molar-refractivity contribution in [2.75, 3.05) is 26.2 Å². The van der Waals surface area contributed by atoms with Gasteiger partial charge in [-0.05, 0) is 26.8 Å². The molecule has 0 amide bonds. The predicted octanol–water partition coefficient (Wildman–Crippen LogP) is 1.01. The van der Waals surface area contributed by atoms with Crippen LogP contribution in [-0.2, 0) is 9.53 Å². The third kappa shape index (κ3) is 3.76. The van der Waals surface area contributed by atoms with E-state index in [1.54, 1.807) is 0 Å². The van der Waals surface area contributed by atoms with Crippen LogP contribution in [0, 0.1) is 0 Å². The Labute approximate surface area is 98.3 Å². The lowest BCUT2D eigenvalue weighted by Crippen LogP contribution is -2.59. The van der Waals surface area contributed by atoms with Gasteiger partial charge in [0.15, 0.2) is 0 Å². The van der Waals surface area contributed by atoms with Gasteiger partial charge in [-0.25, -0.2) is 0 Å². The summed E-state index contributed by atoms with van der Waals surface area (Å²) in [5.41, 5.74) is 0. The first kappa shape index (κ1) is 13.5. The number of nitrogens with zero attached hydrogens (tertiary/aromatic N) is 1. The molecule has 4 nitrogen and oxygen atoms in total. The summed E-state index contributed by atoms with van der Waals surface area (Å²) in [6.07, 6.45) is 1.63. The van der Waals surface area contributed by atoms with Crippen molar-refractivity contribution in [1.82, 2.24) is 10.2 Å². The van der Waals surface area contributed by atoms with Crippen molar-refractivity contribution in [3.05, 3.63) is 0 Å². The highest BCUT2D eigenvalue weighted by Gasteiger charge is 2.28. The average Bonchev–Trinajstić information content (AvgIpc) is 2.14. The van der Waals surface area contributed by atoms with Gasteiger partial charge in [0, 0.05) is 25.2 Å². The molecule has 0 aromatic heterocycles. The van der Waals surface area contributed by atoms with Crippen molar-refractivity contribution in [2.45, 2.75) is 45.7 Å². The zero-order valence-electron chi connectivity index (χ0n) is 10.7. The molecular formula is C12H24N2O2. The number of ether oxygens (including phenoxy) is 1. The lowest BCUT2D eigenvalue weighted by molar-refractivity contribution is -0.144. The van der Waals surface area contributed by atoms with Crippen LogP contribution in [0.15, 0.2) is 0 Å². The Kier molecular flexibility index (Phi) is 5.77. The third-order valence-electron chi connectivity index (χ3n) is 3.04. The van der Waals surface area contributed by atoms with E-state index in [2.05, 4.69) is 24.1 Å². The van der Waals surface area contributed by atoms with Crippen LogP contribution in [0.1, 0.15) is 33.6 Å². The van der Waals surface area contributed by atoms with Gasteiger partial charge in [0.25, 0.3) is 0 Å². The van der Waals surface area contributed by atoms with E-state index in [0.717, 1.165) is 26.1 Å². The number of nitrogens with one attached hydrogen (secondary N) is 1. The second kappa shape index (κ2) is 6.86. The van der Waals surface area contributed by atoms with Crippen molar-refractivity contribution < 1.29 is 9.53 Å². The molecule has 0 aromatic carbocycles. The molecule has 1 heterocycles. The summed E-state index contributed by atoms with van der Waals surface area (Å²) in [5, 5.41) is 3.28. The molecule has 0 radical (unpaired) electrons. The topological polar surface area (TPSA) is 41.6 Å². The fraction of sp³-hybridized carbons (Fsp3) is 0.917. The van der Waals surface area contributed by atoms with Crippen LogP contribution < -0.4 is 5.32 Å². The largest absolute Gasteiger partial charge is 0.466 e. The van der Waals surface area contributed by atoms with Crippen molar-refractivity contribution in [3.8, 4) is 0 Å². The van der Waals surface area contributed by atoms with Gasteiger partial charge in [0.2, 0.25) is 0 Å². The molecule has 1 rings (SSSR count). The summed E-state index contributed by atoms with van der Waals surface area (Å²) in [7, 11) is 0. The maximum Gasteiger partial charge on any atom is 0.307 e. The molecule has 0 saturated carbocycles. The first-order valence-electron chi connectivity index (χ1n) is 6.31. The molecule has 1 unspecified atom stereocenters. The van der Waals surface area contributed by atoms with Crippen molar-refractivity contribution in [3.63, 3.8) is 0 Å². The number of carbonyl (C=O) groups is 1. The zero-order valence-corrected chi connectivity index (χ0v) is 10.7. The maximum atomic E-state index is 11.4. The van der Waals surface area contributed by atoms with Gasteiger partial charge in [0.1, 0.15) is 0 Å². The first-order chi connectivity index (χ1) is 7.69. The average molecular weight is 228 g/mol. The van der Waals surface area contributed by atoms with Crippen LogP contribution in [0.25, 0.3) is 0 Å². The van der Waals surface area contributed by atoms with Gasteiger partial charge in [-0.3, -0.25) is 9.69 Å². The van der Waals surface area contributed by atoms with Gasteiger partial charge in [-0.15, -0.1) is 0 Å². The highest BCUT2D eigenvalue weighted by Crippen LogP contribution is 2.13. The normalized spacial score (nSPS) is 18.2. The molecule has 0 spiro atoms. The number of esters is 1. The van der Waals surface area contributed by atoms with Crippen LogP contribution in [0.5, 0.6) is 0 Å². The molecule has 16 heavy (non-hydrogen) atoms. The molecule has 1 atom stereocenters. The Morgan fingerprint density at radius 1 is 1.50 bits per heavy atom. The summed E-state index contributed by atoms with van der Waals surface area (Å²) in [6.45, 7) is 9.78. The summed E-state index contributed by atoms with van der Waals surface area (Å²) in [6, 6.07) is 0.885. The molecule has 1 aliphatic heterocycles. The Bertz CT molecular complexity index is 217. The summed E-state index contributed by atoms with van der Waals surface area (Å²) in [5.74, 6) is -0.0802. The van der Waals surface area contributed by atoms with E-state index < -0.39 is 0 Å². The zero-order chi connectivity index (χ0) is 12.0. The maximum absolute atomic E-state index is 11.4. The smallest absolute Gasteiger partial charge is 0.307 e. The molecule has 0 bridgehead atoms. The van der Waals surface area contributed by atoms with Crippen LogP contribution in [0.4, 0.5) is 0 Å². The molecule has 1 saturated heterocycles. The second-order valence-electron chi connectivity index (χ2n) is 4.41. The van der Waals surface area contributed by atoms with Crippen LogP contribution in [-0.4, -0.2) is 49.2 Å². The van der Waals surface area contributed by atoms with Crippen molar-refractivity contribution in [1.29, 1.82) is 0 Å². The predicted molar refractivity (Wildman–Crippen MR) is 64.4 cm³/mol. The van der Waals surface area contributed by atoms with Gasteiger partial charge in [-0.2, -0.15) is 0 Å². The molecule has 94 valence electrons. The first-order valence-corrected chi connectivity index (χ1v) is 6.31. The molecule has 1 N–H and O–H groups in total. The Morgan fingerprint density at radius 3 is 2.62 bits per heavy atom. The second-order valence-corrected chi connectivity index (χ2v) is 4.41. The van der Waals surface area contributed by atoms with E-state index in [1.165, 1.54) is 0 Å².